The summed E-state index contributed by atoms with van der Waals surface area (Å²) in [6, 6.07) is 13.0. The van der Waals surface area contributed by atoms with Gasteiger partial charge in [0.2, 0.25) is 10.0 Å². The second-order valence-corrected chi connectivity index (χ2v) is 7.84. The number of rotatable bonds is 5. The van der Waals surface area contributed by atoms with E-state index in [1.165, 1.54) is 0 Å². The van der Waals surface area contributed by atoms with Crippen molar-refractivity contribution in [2.45, 2.75) is 37.1 Å². The Hall–Kier alpha value is -1.85. The van der Waals surface area contributed by atoms with Gasteiger partial charge in [-0.3, -0.25) is 0 Å². The number of aryl methyl sites for hydroxylation is 2. The molecular weight excluding hydrogens is 310 g/mol. The number of methoxy groups -OCH3 is 1. The number of ether oxygens (including phenoxy) is 1. The fourth-order valence-corrected chi connectivity index (χ4v) is 4.57. The van der Waals surface area contributed by atoms with E-state index in [-0.39, 0.29) is 0 Å². The van der Waals surface area contributed by atoms with Crippen molar-refractivity contribution >= 4 is 10.0 Å². The van der Waals surface area contributed by atoms with E-state index in [0.29, 0.717) is 4.90 Å². The Morgan fingerprint density at radius 2 is 1.70 bits per heavy atom. The molecule has 0 amide bonds. The number of hydrogen-bond acceptors (Lipinski definition) is 3. The van der Waals surface area contributed by atoms with Crippen LogP contribution in [0.2, 0.25) is 0 Å². The minimum absolute atomic E-state index is 0.350. The van der Waals surface area contributed by atoms with Gasteiger partial charge in [-0.15, -0.1) is 0 Å². The summed E-state index contributed by atoms with van der Waals surface area (Å²) in [4.78, 5) is 0.350. The monoisotopic (exact) mass is 331 g/mol. The highest BCUT2D eigenvalue weighted by atomic mass is 32.2. The van der Waals surface area contributed by atoms with Crippen LogP contribution in [0.1, 0.15) is 29.5 Å². The van der Waals surface area contributed by atoms with E-state index in [1.54, 1.807) is 13.2 Å². The van der Waals surface area contributed by atoms with Crippen molar-refractivity contribution in [3.05, 3.63) is 59.2 Å². The summed E-state index contributed by atoms with van der Waals surface area (Å²) in [7, 11) is -1.93. The molecule has 0 aromatic heterocycles. The Morgan fingerprint density at radius 3 is 2.22 bits per heavy atom. The highest BCUT2D eigenvalue weighted by Gasteiger charge is 2.47. The van der Waals surface area contributed by atoms with Crippen molar-refractivity contribution in [3.63, 3.8) is 0 Å². The largest absolute Gasteiger partial charge is 0.497 e. The average molecular weight is 331 g/mol. The second-order valence-electron chi connectivity index (χ2n) is 6.19. The van der Waals surface area contributed by atoms with Crippen LogP contribution in [0.15, 0.2) is 47.4 Å². The van der Waals surface area contributed by atoms with E-state index >= 15 is 0 Å². The smallest absolute Gasteiger partial charge is 0.241 e. The van der Waals surface area contributed by atoms with Gasteiger partial charge < -0.3 is 4.74 Å². The first-order valence-corrected chi connectivity index (χ1v) is 9.10. The highest BCUT2D eigenvalue weighted by Crippen LogP contribution is 2.47. The van der Waals surface area contributed by atoms with Gasteiger partial charge in [0.15, 0.2) is 0 Å². The molecule has 1 aliphatic rings. The molecule has 2 aromatic rings. The van der Waals surface area contributed by atoms with Crippen LogP contribution >= 0.6 is 0 Å². The molecule has 0 aliphatic heterocycles. The van der Waals surface area contributed by atoms with Crippen LogP contribution in [-0.2, 0) is 15.6 Å². The minimum atomic E-state index is -3.55. The highest BCUT2D eigenvalue weighted by molar-refractivity contribution is 7.89. The van der Waals surface area contributed by atoms with Crippen LogP contribution in [0.3, 0.4) is 0 Å². The van der Waals surface area contributed by atoms with Gasteiger partial charge in [0.05, 0.1) is 17.5 Å². The molecule has 1 fully saturated rings. The molecular formula is C18H21NO3S. The molecule has 1 aliphatic carbocycles. The van der Waals surface area contributed by atoms with Crippen molar-refractivity contribution < 1.29 is 13.2 Å². The SMILES string of the molecule is COc1ccc(C2(NS(=O)(=O)c3ccc(C)cc3C)CC2)cc1. The molecule has 0 unspecified atom stereocenters. The van der Waals surface area contributed by atoms with E-state index < -0.39 is 15.6 Å². The van der Waals surface area contributed by atoms with E-state index in [9.17, 15) is 8.42 Å². The fourth-order valence-electron chi connectivity index (χ4n) is 2.90. The molecule has 0 spiro atoms. The van der Waals surface area contributed by atoms with Gasteiger partial charge >= 0.3 is 0 Å². The number of benzene rings is 2. The van der Waals surface area contributed by atoms with Gasteiger partial charge in [-0.1, -0.05) is 29.8 Å². The first kappa shape index (κ1) is 16.0. The molecule has 0 bridgehead atoms. The van der Waals surface area contributed by atoms with Crippen molar-refractivity contribution in [1.29, 1.82) is 0 Å². The van der Waals surface area contributed by atoms with Crippen LogP contribution in [0.4, 0.5) is 0 Å². The molecule has 0 radical (unpaired) electrons. The lowest BCUT2D eigenvalue weighted by Gasteiger charge is -2.19. The van der Waals surface area contributed by atoms with Crippen molar-refractivity contribution in [1.82, 2.24) is 4.72 Å². The van der Waals surface area contributed by atoms with Gasteiger partial charge in [-0.05, 0) is 56.0 Å². The fraction of sp³-hybridized carbons (Fsp3) is 0.333. The van der Waals surface area contributed by atoms with Gasteiger partial charge in [0, 0.05) is 0 Å². The molecule has 0 saturated heterocycles. The van der Waals surface area contributed by atoms with Gasteiger partial charge in [0.1, 0.15) is 5.75 Å². The second kappa shape index (κ2) is 5.65. The maximum absolute atomic E-state index is 12.8. The Balaban J connectivity index is 1.90. The number of sulfonamides is 1. The van der Waals surface area contributed by atoms with Crippen molar-refractivity contribution in [3.8, 4) is 5.75 Å². The van der Waals surface area contributed by atoms with Crippen molar-refractivity contribution in [2.75, 3.05) is 7.11 Å². The Labute approximate surface area is 137 Å². The molecule has 4 nitrogen and oxygen atoms in total. The molecule has 1 N–H and O–H groups in total. The molecule has 23 heavy (non-hydrogen) atoms. The lowest BCUT2D eigenvalue weighted by Crippen LogP contribution is -2.35. The average Bonchev–Trinajstić information content (AvgIpc) is 3.27. The third-order valence-corrected chi connectivity index (χ3v) is 6.04. The van der Waals surface area contributed by atoms with E-state index in [2.05, 4.69) is 4.72 Å². The number of nitrogens with one attached hydrogen (secondary N) is 1. The molecule has 5 heteroatoms. The van der Waals surface area contributed by atoms with Gasteiger partial charge in [0.25, 0.3) is 0 Å². The Morgan fingerprint density at radius 1 is 1.04 bits per heavy atom. The lowest BCUT2D eigenvalue weighted by molar-refractivity contribution is 0.414. The molecule has 3 rings (SSSR count). The van der Waals surface area contributed by atoms with Gasteiger partial charge in [-0.25, -0.2) is 13.1 Å². The van der Waals surface area contributed by atoms with Crippen LogP contribution in [0, 0.1) is 13.8 Å². The predicted octanol–water partition coefficient (Wildman–Crippen LogP) is 3.28. The zero-order valence-corrected chi connectivity index (χ0v) is 14.4. The molecule has 122 valence electrons. The zero-order valence-electron chi connectivity index (χ0n) is 13.6. The number of hydrogen-bond donors (Lipinski definition) is 1. The maximum atomic E-state index is 12.8. The van der Waals surface area contributed by atoms with E-state index in [0.717, 1.165) is 35.3 Å². The molecule has 0 heterocycles. The van der Waals surface area contributed by atoms with Crippen LogP contribution in [0.5, 0.6) is 5.75 Å². The summed E-state index contributed by atoms with van der Waals surface area (Å²) in [5.74, 6) is 0.766. The summed E-state index contributed by atoms with van der Waals surface area (Å²) in [6.45, 7) is 3.78. The first-order chi connectivity index (χ1) is 10.9. The van der Waals surface area contributed by atoms with E-state index in [4.69, 9.17) is 4.74 Å². The summed E-state index contributed by atoms with van der Waals surface area (Å²) in [5.41, 5.74) is 2.31. The third-order valence-electron chi connectivity index (χ3n) is 4.34. The Kier molecular flexibility index (Phi) is 3.94. The summed E-state index contributed by atoms with van der Waals surface area (Å²) in [6.07, 6.45) is 1.62. The Bertz CT molecular complexity index is 822. The zero-order chi connectivity index (χ0) is 16.7. The summed E-state index contributed by atoms with van der Waals surface area (Å²) in [5, 5.41) is 0. The topological polar surface area (TPSA) is 55.4 Å². The standard InChI is InChI=1S/C18H21NO3S/c1-13-4-9-17(14(2)12-13)23(20,21)19-18(10-11-18)15-5-7-16(22-3)8-6-15/h4-9,12,19H,10-11H2,1-3H3. The van der Waals surface area contributed by atoms with Crippen LogP contribution in [-0.4, -0.2) is 15.5 Å². The van der Waals surface area contributed by atoms with Crippen LogP contribution in [0.25, 0.3) is 0 Å². The molecule has 1 saturated carbocycles. The quantitative estimate of drug-likeness (QED) is 0.915. The summed E-state index contributed by atoms with van der Waals surface area (Å²) >= 11 is 0. The normalized spacial score (nSPS) is 16.1. The third kappa shape index (κ3) is 3.12. The summed E-state index contributed by atoms with van der Waals surface area (Å²) < 4.78 is 33.6. The van der Waals surface area contributed by atoms with E-state index in [1.807, 2.05) is 50.2 Å². The van der Waals surface area contributed by atoms with Crippen molar-refractivity contribution in [2.24, 2.45) is 0 Å². The molecule has 0 atom stereocenters. The first-order valence-electron chi connectivity index (χ1n) is 7.62. The van der Waals surface area contributed by atoms with Gasteiger partial charge in [-0.2, -0.15) is 0 Å². The maximum Gasteiger partial charge on any atom is 0.241 e. The van der Waals surface area contributed by atoms with Crippen LogP contribution < -0.4 is 9.46 Å². The predicted molar refractivity (Wildman–Crippen MR) is 90.1 cm³/mol. The lowest BCUT2D eigenvalue weighted by atomic mass is 10.1. The molecule has 2 aromatic carbocycles. The minimum Gasteiger partial charge on any atom is -0.497 e.